The van der Waals surface area contributed by atoms with Crippen LogP contribution in [0.1, 0.15) is 24.0 Å². The van der Waals surface area contributed by atoms with Crippen molar-refractivity contribution in [2.45, 2.75) is 25.2 Å². The Balaban J connectivity index is 2.46. The van der Waals surface area contributed by atoms with Crippen molar-refractivity contribution in [3.63, 3.8) is 0 Å². The molecule has 0 N–H and O–H groups in total. The topological polar surface area (TPSA) is 17.1 Å². The molecule has 0 spiro atoms. The third kappa shape index (κ3) is 0.970. The Labute approximate surface area is 72.4 Å². The minimum atomic E-state index is -0.106. The molecule has 1 aliphatic carbocycles. The molecule has 0 atom stereocenters. The van der Waals surface area contributed by atoms with Gasteiger partial charge in [-0.15, -0.1) is 0 Å². The van der Waals surface area contributed by atoms with E-state index in [1.807, 2.05) is 12.1 Å². The molecule has 1 heteroatoms. The Morgan fingerprint density at radius 3 is 2.50 bits per heavy atom. The van der Waals surface area contributed by atoms with Crippen LogP contribution < -0.4 is 0 Å². The first kappa shape index (κ1) is 7.53. The summed E-state index contributed by atoms with van der Waals surface area (Å²) in [5.74, 6) is 0. The smallest absolute Gasteiger partial charge is 0.130 e. The van der Waals surface area contributed by atoms with Crippen LogP contribution in [0.25, 0.3) is 0 Å². The van der Waals surface area contributed by atoms with Crippen molar-refractivity contribution < 1.29 is 4.79 Å². The lowest BCUT2D eigenvalue weighted by atomic mass is 9.93. The van der Waals surface area contributed by atoms with E-state index in [-0.39, 0.29) is 5.41 Å². The van der Waals surface area contributed by atoms with Crippen LogP contribution in [0.5, 0.6) is 0 Å². The number of aryl methyl sites for hydroxylation is 1. The first-order valence-corrected chi connectivity index (χ1v) is 4.31. The van der Waals surface area contributed by atoms with Crippen LogP contribution in [-0.4, -0.2) is 6.29 Å². The Bertz CT molecular complexity index is 311. The molecular weight excluding hydrogens is 148 g/mol. The van der Waals surface area contributed by atoms with Gasteiger partial charge in [0.05, 0.1) is 5.41 Å². The normalized spacial score (nSPS) is 18.8. The summed E-state index contributed by atoms with van der Waals surface area (Å²) in [7, 11) is 0. The van der Waals surface area contributed by atoms with Gasteiger partial charge in [-0.2, -0.15) is 0 Å². The predicted molar refractivity (Wildman–Crippen MR) is 48.2 cm³/mol. The van der Waals surface area contributed by atoms with Crippen molar-refractivity contribution in [1.82, 2.24) is 0 Å². The number of carbonyl (C=O) groups is 1. The molecule has 0 aliphatic heterocycles. The summed E-state index contributed by atoms with van der Waals surface area (Å²) in [6.07, 6.45) is 3.16. The molecular formula is C11H12O. The zero-order valence-corrected chi connectivity index (χ0v) is 7.21. The van der Waals surface area contributed by atoms with Crippen molar-refractivity contribution in [2.75, 3.05) is 0 Å². The molecule has 1 aromatic rings. The molecule has 12 heavy (non-hydrogen) atoms. The van der Waals surface area contributed by atoms with E-state index in [4.69, 9.17) is 0 Å². The lowest BCUT2D eigenvalue weighted by Gasteiger charge is -2.09. The molecule has 0 aromatic heterocycles. The van der Waals surface area contributed by atoms with Gasteiger partial charge in [-0.1, -0.05) is 24.3 Å². The van der Waals surface area contributed by atoms with Gasteiger partial charge in [0.15, 0.2) is 0 Å². The van der Waals surface area contributed by atoms with E-state index in [1.165, 1.54) is 11.1 Å². The molecule has 1 fully saturated rings. The summed E-state index contributed by atoms with van der Waals surface area (Å²) in [5.41, 5.74) is 2.35. The second-order valence-corrected chi connectivity index (χ2v) is 3.59. The maximum Gasteiger partial charge on any atom is 0.130 e. The van der Waals surface area contributed by atoms with E-state index in [2.05, 4.69) is 19.1 Å². The minimum Gasteiger partial charge on any atom is -0.302 e. The summed E-state index contributed by atoms with van der Waals surface area (Å²) in [5, 5.41) is 0. The molecule has 0 bridgehead atoms. The number of hydrogen-bond donors (Lipinski definition) is 0. The van der Waals surface area contributed by atoms with Crippen molar-refractivity contribution in [3.05, 3.63) is 35.4 Å². The van der Waals surface area contributed by atoms with E-state index in [9.17, 15) is 4.79 Å². The first-order chi connectivity index (χ1) is 5.78. The monoisotopic (exact) mass is 160 g/mol. The fraction of sp³-hybridized carbons (Fsp3) is 0.364. The highest BCUT2D eigenvalue weighted by molar-refractivity contribution is 5.73. The number of carbonyl (C=O) groups excluding carboxylic acids is 1. The molecule has 62 valence electrons. The maximum absolute atomic E-state index is 10.8. The molecule has 1 nitrogen and oxygen atoms in total. The maximum atomic E-state index is 10.8. The summed E-state index contributed by atoms with van der Waals surface area (Å²) in [6, 6.07) is 8.15. The number of rotatable bonds is 2. The van der Waals surface area contributed by atoms with Gasteiger partial charge in [-0.3, -0.25) is 0 Å². The van der Waals surface area contributed by atoms with Crippen LogP contribution in [0.2, 0.25) is 0 Å². The quantitative estimate of drug-likeness (QED) is 0.606. The van der Waals surface area contributed by atoms with Crippen LogP contribution >= 0.6 is 0 Å². The van der Waals surface area contributed by atoms with Crippen LogP contribution in [0.3, 0.4) is 0 Å². The van der Waals surface area contributed by atoms with Gasteiger partial charge in [0.1, 0.15) is 6.29 Å². The molecule has 0 saturated heterocycles. The fourth-order valence-corrected chi connectivity index (χ4v) is 1.72. The van der Waals surface area contributed by atoms with Gasteiger partial charge in [0.25, 0.3) is 0 Å². The van der Waals surface area contributed by atoms with E-state index >= 15 is 0 Å². The number of hydrogen-bond acceptors (Lipinski definition) is 1. The zero-order valence-electron chi connectivity index (χ0n) is 7.21. The van der Waals surface area contributed by atoms with Crippen LogP contribution in [-0.2, 0) is 10.2 Å². The molecule has 1 aliphatic rings. The Morgan fingerprint density at radius 1 is 1.33 bits per heavy atom. The summed E-state index contributed by atoms with van der Waals surface area (Å²) < 4.78 is 0. The summed E-state index contributed by atoms with van der Waals surface area (Å²) in [4.78, 5) is 10.8. The standard InChI is InChI=1S/C11H12O/c1-9-4-2-3-5-10(9)11(8-12)6-7-11/h2-5,8H,6-7H2,1H3. The van der Waals surface area contributed by atoms with Gasteiger partial charge in [-0.25, -0.2) is 0 Å². The van der Waals surface area contributed by atoms with Gasteiger partial charge in [-0.05, 0) is 30.9 Å². The van der Waals surface area contributed by atoms with Gasteiger partial charge >= 0.3 is 0 Å². The van der Waals surface area contributed by atoms with Crippen LogP contribution in [0.15, 0.2) is 24.3 Å². The average molecular weight is 160 g/mol. The molecule has 0 unspecified atom stereocenters. The number of benzene rings is 1. The lowest BCUT2D eigenvalue weighted by molar-refractivity contribution is -0.109. The van der Waals surface area contributed by atoms with Crippen molar-refractivity contribution in [3.8, 4) is 0 Å². The van der Waals surface area contributed by atoms with E-state index in [0.29, 0.717) is 0 Å². The van der Waals surface area contributed by atoms with Crippen LogP contribution in [0, 0.1) is 6.92 Å². The highest BCUT2D eigenvalue weighted by atomic mass is 16.1. The lowest BCUT2D eigenvalue weighted by Crippen LogP contribution is -2.09. The van der Waals surface area contributed by atoms with Gasteiger partial charge < -0.3 is 4.79 Å². The first-order valence-electron chi connectivity index (χ1n) is 4.31. The zero-order chi connectivity index (χ0) is 8.60. The van der Waals surface area contributed by atoms with E-state index < -0.39 is 0 Å². The molecule has 0 heterocycles. The average Bonchev–Trinajstić information content (AvgIpc) is 2.86. The third-order valence-electron chi connectivity index (χ3n) is 2.70. The minimum absolute atomic E-state index is 0.106. The molecule has 0 radical (unpaired) electrons. The largest absolute Gasteiger partial charge is 0.302 e. The highest BCUT2D eigenvalue weighted by Gasteiger charge is 2.44. The molecule has 0 amide bonds. The van der Waals surface area contributed by atoms with Crippen molar-refractivity contribution in [1.29, 1.82) is 0 Å². The molecule has 1 aromatic carbocycles. The van der Waals surface area contributed by atoms with Crippen LogP contribution in [0.4, 0.5) is 0 Å². The Morgan fingerprint density at radius 2 is 2.00 bits per heavy atom. The van der Waals surface area contributed by atoms with E-state index in [0.717, 1.165) is 19.1 Å². The molecule has 2 rings (SSSR count). The van der Waals surface area contributed by atoms with E-state index in [1.54, 1.807) is 0 Å². The second kappa shape index (κ2) is 2.44. The highest BCUT2D eigenvalue weighted by Crippen LogP contribution is 2.47. The number of aldehydes is 1. The summed E-state index contributed by atoms with van der Waals surface area (Å²) >= 11 is 0. The third-order valence-corrected chi connectivity index (χ3v) is 2.70. The van der Waals surface area contributed by atoms with Crippen molar-refractivity contribution >= 4 is 6.29 Å². The second-order valence-electron chi connectivity index (χ2n) is 3.59. The van der Waals surface area contributed by atoms with Crippen molar-refractivity contribution in [2.24, 2.45) is 0 Å². The van der Waals surface area contributed by atoms with Gasteiger partial charge in [0, 0.05) is 0 Å². The van der Waals surface area contributed by atoms with Gasteiger partial charge in [0.2, 0.25) is 0 Å². The predicted octanol–water partition coefficient (Wildman–Crippen LogP) is 2.23. The fourth-order valence-electron chi connectivity index (χ4n) is 1.72. The molecule has 1 saturated carbocycles. The Hall–Kier alpha value is -1.11. The Kier molecular flexibility index (Phi) is 1.53. The SMILES string of the molecule is Cc1ccccc1C1(C=O)CC1. The summed E-state index contributed by atoms with van der Waals surface area (Å²) in [6.45, 7) is 2.07.